The van der Waals surface area contributed by atoms with Crippen molar-refractivity contribution in [3.63, 3.8) is 0 Å². The molecule has 0 aliphatic heterocycles. The number of unbranched alkanes of at least 4 members (excludes halogenated alkanes) is 32. The second kappa shape index (κ2) is 70.3. The average Bonchev–Trinajstić information content (AvgIpc) is 3.50. The largest absolute Gasteiger partial charge is 0.462 e. The molecule has 6 nitrogen and oxygen atoms in total. The monoisotopic (exact) mass is 1150 g/mol. The van der Waals surface area contributed by atoms with Crippen LogP contribution in [0.25, 0.3) is 0 Å². The maximum Gasteiger partial charge on any atom is 0.306 e. The third-order valence-corrected chi connectivity index (χ3v) is 14.9. The Morgan fingerprint density at radius 2 is 0.494 bits per heavy atom. The fraction of sp³-hybridized carbons (Fsp3) is 0.701. The first-order chi connectivity index (χ1) is 41.0. The van der Waals surface area contributed by atoms with E-state index in [1.165, 1.54) is 193 Å². The van der Waals surface area contributed by atoms with Crippen molar-refractivity contribution in [3.05, 3.63) is 122 Å². The molecule has 0 N–H and O–H groups in total. The first-order valence-corrected chi connectivity index (χ1v) is 35.0. The van der Waals surface area contributed by atoms with E-state index in [1.54, 1.807) is 0 Å². The predicted molar refractivity (Wildman–Crippen MR) is 362 cm³/mol. The topological polar surface area (TPSA) is 78.9 Å². The molecule has 1 unspecified atom stereocenters. The van der Waals surface area contributed by atoms with E-state index in [1.807, 2.05) is 6.08 Å². The van der Waals surface area contributed by atoms with Gasteiger partial charge in [0, 0.05) is 19.3 Å². The number of ether oxygens (including phenoxy) is 3. The van der Waals surface area contributed by atoms with Crippen LogP contribution >= 0.6 is 0 Å². The summed E-state index contributed by atoms with van der Waals surface area (Å²) in [5.41, 5.74) is 0. The third kappa shape index (κ3) is 68.5. The van der Waals surface area contributed by atoms with E-state index < -0.39 is 12.1 Å². The molecular formula is C77H130O6. The van der Waals surface area contributed by atoms with Crippen molar-refractivity contribution < 1.29 is 28.6 Å². The molecule has 0 aromatic carbocycles. The maximum atomic E-state index is 12.9. The van der Waals surface area contributed by atoms with Crippen LogP contribution in [0.2, 0.25) is 0 Å². The average molecular weight is 1150 g/mol. The zero-order valence-corrected chi connectivity index (χ0v) is 54.4. The Morgan fingerprint density at radius 3 is 0.795 bits per heavy atom. The summed E-state index contributed by atoms with van der Waals surface area (Å²) in [6.07, 6.45) is 98.0. The number of esters is 3. The maximum absolute atomic E-state index is 12.9. The van der Waals surface area contributed by atoms with Gasteiger partial charge in [0.05, 0.1) is 0 Å². The highest BCUT2D eigenvalue weighted by atomic mass is 16.6. The second-order valence-electron chi connectivity index (χ2n) is 23.1. The van der Waals surface area contributed by atoms with E-state index in [-0.39, 0.29) is 31.6 Å². The summed E-state index contributed by atoms with van der Waals surface area (Å²) < 4.78 is 16.9. The number of hydrogen-bond donors (Lipinski definition) is 0. The fourth-order valence-electron chi connectivity index (χ4n) is 9.71. The fourth-order valence-corrected chi connectivity index (χ4v) is 9.71. The molecule has 0 aliphatic carbocycles. The summed E-state index contributed by atoms with van der Waals surface area (Å²) in [4.78, 5) is 38.4. The first-order valence-electron chi connectivity index (χ1n) is 35.0. The molecule has 0 heterocycles. The van der Waals surface area contributed by atoms with Crippen LogP contribution in [0.1, 0.15) is 329 Å². The van der Waals surface area contributed by atoms with Gasteiger partial charge in [-0.2, -0.15) is 0 Å². The van der Waals surface area contributed by atoms with Crippen LogP contribution in [0.15, 0.2) is 122 Å². The van der Waals surface area contributed by atoms with E-state index in [0.717, 1.165) is 89.9 Å². The van der Waals surface area contributed by atoms with Gasteiger partial charge >= 0.3 is 17.9 Å². The molecule has 0 bridgehead atoms. The molecule has 0 rings (SSSR count). The van der Waals surface area contributed by atoms with Gasteiger partial charge in [0.2, 0.25) is 0 Å². The van der Waals surface area contributed by atoms with Crippen LogP contribution in [0.4, 0.5) is 0 Å². The Kier molecular flexibility index (Phi) is 66.7. The van der Waals surface area contributed by atoms with Crippen LogP contribution in [-0.2, 0) is 28.6 Å². The highest BCUT2D eigenvalue weighted by molar-refractivity contribution is 5.71. The second-order valence-corrected chi connectivity index (χ2v) is 23.1. The van der Waals surface area contributed by atoms with Crippen LogP contribution in [-0.4, -0.2) is 37.2 Å². The Balaban J connectivity index is 4.43. The molecule has 6 heteroatoms. The zero-order chi connectivity index (χ0) is 59.9. The van der Waals surface area contributed by atoms with Crippen LogP contribution in [0.5, 0.6) is 0 Å². The van der Waals surface area contributed by atoms with Crippen LogP contribution in [0.3, 0.4) is 0 Å². The van der Waals surface area contributed by atoms with Gasteiger partial charge in [-0.25, -0.2) is 0 Å². The molecule has 0 aromatic rings. The van der Waals surface area contributed by atoms with Crippen molar-refractivity contribution >= 4 is 17.9 Å². The molecule has 0 aliphatic rings. The number of rotatable bonds is 63. The molecular weight excluding hydrogens is 1020 g/mol. The Morgan fingerprint density at radius 1 is 0.253 bits per heavy atom. The number of hydrogen-bond acceptors (Lipinski definition) is 6. The Hall–Kier alpha value is -4.19. The summed E-state index contributed by atoms with van der Waals surface area (Å²) in [6.45, 7) is 6.48. The summed E-state index contributed by atoms with van der Waals surface area (Å²) in [5, 5.41) is 0. The van der Waals surface area contributed by atoms with Crippen molar-refractivity contribution in [1.29, 1.82) is 0 Å². The number of allylic oxidation sites excluding steroid dienone is 20. The summed E-state index contributed by atoms with van der Waals surface area (Å²) in [7, 11) is 0. The minimum absolute atomic E-state index is 0.111. The molecule has 83 heavy (non-hydrogen) atoms. The van der Waals surface area contributed by atoms with Crippen molar-refractivity contribution in [1.82, 2.24) is 0 Å². The van der Waals surface area contributed by atoms with Gasteiger partial charge in [0.15, 0.2) is 6.10 Å². The molecule has 474 valence electrons. The molecule has 0 spiro atoms. The summed E-state index contributed by atoms with van der Waals surface area (Å²) in [6, 6.07) is 0. The van der Waals surface area contributed by atoms with Crippen molar-refractivity contribution in [3.8, 4) is 0 Å². The first kappa shape index (κ1) is 78.8. The molecule has 0 saturated heterocycles. The minimum atomic E-state index is -0.825. The van der Waals surface area contributed by atoms with E-state index in [4.69, 9.17) is 14.2 Å². The van der Waals surface area contributed by atoms with Crippen molar-refractivity contribution in [2.24, 2.45) is 0 Å². The lowest BCUT2D eigenvalue weighted by Crippen LogP contribution is -2.30. The minimum Gasteiger partial charge on any atom is -0.462 e. The van der Waals surface area contributed by atoms with Crippen molar-refractivity contribution in [2.75, 3.05) is 13.2 Å². The van der Waals surface area contributed by atoms with Crippen molar-refractivity contribution in [2.45, 2.75) is 335 Å². The van der Waals surface area contributed by atoms with Gasteiger partial charge in [0.25, 0.3) is 0 Å². The smallest absolute Gasteiger partial charge is 0.306 e. The molecule has 0 amide bonds. The molecule has 0 aromatic heterocycles. The van der Waals surface area contributed by atoms with E-state index in [2.05, 4.69) is 136 Å². The molecule has 0 fully saturated rings. The van der Waals surface area contributed by atoms with Gasteiger partial charge < -0.3 is 14.2 Å². The molecule has 0 saturated carbocycles. The standard InChI is InChI=1S/C77H130O6/c1-4-7-10-13-16-19-22-25-28-31-34-35-36-37-38-39-40-41-44-46-49-52-55-58-61-64-67-70-76(79)82-73-74(83-77(80)71-68-65-62-59-56-53-50-47-43-33-30-27-24-21-18-15-12-9-6-3)72-81-75(78)69-66-63-60-57-54-51-48-45-42-32-29-26-23-20-17-14-11-8-5-2/h9,12,18,21-22,25-27,29-31,34,36-37,43,47,53,56,62,65,74H,4-8,10-11,13-17,19-20,23-24,28,32-33,35,38-42,44-46,48-52,54-55,57-61,63-64,66-73H2,1-3H3/b12-9-,21-18-,25-22-,29-26-,30-27-,34-31-,37-36-,47-43-,56-53-,65-62-. The van der Waals surface area contributed by atoms with E-state index in [9.17, 15) is 14.4 Å². The van der Waals surface area contributed by atoms with Gasteiger partial charge in [-0.15, -0.1) is 0 Å². The highest BCUT2D eigenvalue weighted by Crippen LogP contribution is 2.16. The molecule has 1 atom stereocenters. The predicted octanol–water partition coefficient (Wildman–Crippen LogP) is 24.3. The van der Waals surface area contributed by atoms with E-state index >= 15 is 0 Å². The van der Waals surface area contributed by atoms with Crippen LogP contribution in [0, 0.1) is 0 Å². The quantitative estimate of drug-likeness (QED) is 0.0261. The summed E-state index contributed by atoms with van der Waals surface area (Å²) in [5.74, 6) is -0.989. The highest BCUT2D eigenvalue weighted by Gasteiger charge is 2.19. The van der Waals surface area contributed by atoms with Gasteiger partial charge in [-0.1, -0.05) is 309 Å². The van der Waals surface area contributed by atoms with Gasteiger partial charge in [0.1, 0.15) is 13.2 Å². The number of carbonyl (C=O) groups is 3. The Labute approximate surface area is 513 Å². The zero-order valence-electron chi connectivity index (χ0n) is 54.4. The lowest BCUT2D eigenvalue weighted by Gasteiger charge is -2.18. The normalized spacial score (nSPS) is 12.9. The lowest BCUT2D eigenvalue weighted by molar-refractivity contribution is -0.166. The van der Waals surface area contributed by atoms with Gasteiger partial charge in [-0.05, 0) is 122 Å². The van der Waals surface area contributed by atoms with E-state index in [0.29, 0.717) is 19.3 Å². The number of carbonyl (C=O) groups excluding carboxylic acids is 3. The molecule has 0 radical (unpaired) electrons. The van der Waals surface area contributed by atoms with Gasteiger partial charge in [-0.3, -0.25) is 14.4 Å². The lowest BCUT2D eigenvalue weighted by atomic mass is 10.0. The van der Waals surface area contributed by atoms with Crippen LogP contribution < -0.4 is 0 Å². The Bertz CT molecular complexity index is 1700. The SMILES string of the molecule is CC/C=C\C/C=C\C/C=C\C/C=C\C/C=C\C/C=C\CCC(=O)OC(COC(=O)CCCCCCCCCCC/C=C\CCCCCCCC)COC(=O)CCCCCCCCCCCCCC/C=C\C/C=C\C/C=C\CCCCCCC. The third-order valence-electron chi connectivity index (χ3n) is 14.9. The summed E-state index contributed by atoms with van der Waals surface area (Å²) >= 11 is 0.